The monoisotopic (exact) mass is 482 g/mol. The summed E-state index contributed by atoms with van der Waals surface area (Å²) in [6.45, 7) is 4.58. The Bertz CT molecular complexity index is 1300. The number of hydrogen-bond acceptors (Lipinski definition) is 6. The summed E-state index contributed by atoms with van der Waals surface area (Å²) in [4.78, 5) is 14.1. The Morgan fingerprint density at radius 3 is 2.44 bits per heavy atom. The first kappa shape index (κ1) is 22.9. The van der Waals surface area contributed by atoms with Gasteiger partial charge in [-0.05, 0) is 55.3 Å². The Morgan fingerprint density at radius 1 is 0.861 bits per heavy atom. The zero-order valence-corrected chi connectivity index (χ0v) is 20.9. The van der Waals surface area contributed by atoms with Crippen LogP contribution in [-0.2, 0) is 0 Å². The molecule has 1 N–H and O–H groups in total. The molecule has 2 fully saturated rings. The van der Waals surface area contributed by atoms with Crippen LogP contribution in [-0.4, -0.2) is 58.6 Å². The Kier molecular flexibility index (Phi) is 6.47. The summed E-state index contributed by atoms with van der Waals surface area (Å²) in [6, 6.07) is 17.7. The van der Waals surface area contributed by atoms with Gasteiger partial charge in [0.05, 0.1) is 18.5 Å². The van der Waals surface area contributed by atoms with E-state index in [2.05, 4.69) is 65.9 Å². The van der Waals surface area contributed by atoms with Crippen molar-refractivity contribution in [1.82, 2.24) is 19.3 Å². The molecule has 6 rings (SSSR count). The SMILES string of the molecule is COc1cc(-c2ccc(Nc3ccc(N4CCN(C5CCCCC5)CC4)cc3)c3nccn23)ccn1. The first-order valence-corrected chi connectivity index (χ1v) is 13.1. The number of methoxy groups -OCH3 is 1. The minimum atomic E-state index is 0.596. The third-order valence-corrected chi connectivity index (χ3v) is 7.71. The number of imidazole rings is 1. The lowest BCUT2D eigenvalue weighted by molar-refractivity contribution is 0.148. The first-order valence-electron chi connectivity index (χ1n) is 13.1. The smallest absolute Gasteiger partial charge is 0.213 e. The van der Waals surface area contributed by atoms with Crippen LogP contribution in [0, 0.1) is 0 Å². The number of piperazine rings is 1. The number of fused-ring (bicyclic) bond motifs is 1. The van der Waals surface area contributed by atoms with Crippen LogP contribution in [0.3, 0.4) is 0 Å². The molecule has 186 valence electrons. The van der Waals surface area contributed by atoms with Crippen LogP contribution in [0.4, 0.5) is 17.1 Å². The number of nitrogens with zero attached hydrogens (tertiary/aromatic N) is 5. The highest BCUT2D eigenvalue weighted by atomic mass is 16.5. The largest absolute Gasteiger partial charge is 0.481 e. The fraction of sp³-hybridized carbons (Fsp3) is 0.379. The highest BCUT2D eigenvalue weighted by Gasteiger charge is 2.25. The summed E-state index contributed by atoms with van der Waals surface area (Å²) >= 11 is 0. The van der Waals surface area contributed by atoms with E-state index in [1.54, 1.807) is 13.3 Å². The minimum absolute atomic E-state index is 0.596. The van der Waals surface area contributed by atoms with Gasteiger partial charge in [-0.15, -0.1) is 0 Å². The minimum Gasteiger partial charge on any atom is -0.481 e. The number of nitrogens with one attached hydrogen (secondary N) is 1. The second-order valence-corrected chi connectivity index (χ2v) is 9.83. The highest BCUT2D eigenvalue weighted by Crippen LogP contribution is 2.30. The molecular formula is C29H34N6O. The van der Waals surface area contributed by atoms with Crippen LogP contribution >= 0.6 is 0 Å². The molecule has 2 aliphatic rings. The molecule has 0 unspecified atom stereocenters. The van der Waals surface area contributed by atoms with Gasteiger partial charge >= 0.3 is 0 Å². The second kappa shape index (κ2) is 10.2. The molecule has 7 nitrogen and oxygen atoms in total. The first-order chi connectivity index (χ1) is 17.8. The predicted octanol–water partition coefficient (Wildman–Crippen LogP) is 5.60. The molecule has 1 aromatic carbocycles. The van der Waals surface area contributed by atoms with E-state index in [1.165, 1.54) is 50.9 Å². The van der Waals surface area contributed by atoms with Crippen molar-refractivity contribution in [2.45, 2.75) is 38.1 Å². The molecule has 4 aromatic rings. The van der Waals surface area contributed by atoms with E-state index in [0.717, 1.165) is 47.4 Å². The average molecular weight is 483 g/mol. The normalized spacial score (nSPS) is 17.4. The maximum atomic E-state index is 5.30. The Morgan fingerprint density at radius 2 is 1.67 bits per heavy atom. The van der Waals surface area contributed by atoms with Gasteiger partial charge in [-0.25, -0.2) is 9.97 Å². The van der Waals surface area contributed by atoms with Gasteiger partial charge in [0, 0.05) is 73.8 Å². The van der Waals surface area contributed by atoms with Gasteiger partial charge in [0.15, 0.2) is 5.65 Å². The molecule has 0 atom stereocenters. The standard InChI is InChI=1S/C29H34N6O/c1-36-28-21-22(13-14-30-28)27-12-11-26(29-31-15-16-35(27)29)32-23-7-9-25(10-8-23)34-19-17-33(18-20-34)24-5-3-2-4-6-24/h7-16,21,24,32H,2-6,17-20H2,1H3. The zero-order valence-electron chi connectivity index (χ0n) is 20.9. The third-order valence-electron chi connectivity index (χ3n) is 7.71. The third kappa shape index (κ3) is 4.63. The average Bonchev–Trinajstić information content (AvgIpc) is 3.45. The van der Waals surface area contributed by atoms with Crippen LogP contribution in [0.2, 0.25) is 0 Å². The van der Waals surface area contributed by atoms with E-state index < -0.39 is 0 Å². The number of pyridine rings is 2. The van der Waals surface area contributed by atoms with Crippen LogP contribution in [0.1, 0.15) is 32.1 Å². The molecule has 7 heteroatoms. The quantitative estimate of drug-likeness (QED) is 0.386. The van der Waals surface area contributed by atoms with Gasteiger partial charge in [0.25, 0.3) is 0 Å². The summed E-state index contributed by atoms with van der Waals surface area (Å²) < 4.78 is 7.40. The molecule has 3 aromatic heterocycles. The predicted molar refractivity (Wildman–Crippen MR) is 145 cm³/mol. The fourth-order valence-corrected chi connectivity index (χ4v) is 5.73. The Balaban J connectivity index is 1.14. The molecule has 1 aliphatic heterocycles. The summed E-state index contributed by atoms with van der Waals surface area (Å²) in [5.41, 5.74) is 6.28. The Labute approximate surface area is 212 Å². The molecule has 0 amide bonds. The lowest BCUT2D eigenvalue weighted by atomic mass is 9.94. The van der Waals surface area contributed by atoms with Crippen molar-refractivity contribution < 1.29 is 4.74 Å². The van der Waals surface area contributed by atoms with Gasteiger partial charge in [-0.1, -0.05) is 19.3 Å². The van der Waals surface area contributed by atoms with E-state index >= 15 is 0 Å². The maximum Gasteiger partial charge on any atom is 0.213 e. The molecular weight excluding hydrogens is 448 g/mol. The van der Waals surface area contributed by atoms with Gasteiger partial charge in [-0.2, -0.15) is 0 Å². The number of aromatic nitrogens is 3. The fourth-order valence-electron chi connectivity index (χ4n) is 5.73. The Hall–Kier alpha value is -3.58. The van der Waals surface area contributed by atoms with Crippen molar-refractivity contribution in [2.75, 3.05) is 43.5 Å². The van der Waals surface area contributed by atoms with E-state index in [9.17, 15) is 0 Å². The van der Waals surface area contributed by atoms with Crippen molar-refractivity contribution in [2.24, 2.45) is 0 Å². The van der Waals surface area contributed by atoms with Gasteiger partial charge < -0.3 is 15.0 Å². The van der Waals surface area contributed by atoms with Crippen molar-refractivity contribution in [3.05, 3.63) is 67.1 Å². The lowest BCUT2D eigenvalue weighted by Gasteiger charge is -2.41. The summed E-state index contributed by atoms with van der Waals surface area (Å²) in [5, 5.41) is 3.57. The van der Waals surface area contributed by atoms with E-state index in [0.29, 0.717) is 5.88 Å². The summed E-state index contributed by atoms with van der Waals surface area (Å²) in [6.07, 6.45) is 12.6. The molecule has 1 saturated heterocycles. The van der Waals surface area contributed by atoms with E-state index in [-0.39, 0.29) is 0 Å². The summed E-state index contributed by atoms with van der Waals surface area (Å²) in [5.74, 6) is 0.596. The number of hydrogen-bond donors (Lipinski definition) is 1. The van der Waals surface area contributed by atoms with Crippen LogP contribution in [0.15, 0.2) is 67.1 Å². The number of rotatable bonds is 6. The summed E-state index contributed by atoms with van der Waals surface area (Å²) in [7, 11) is 1.63. The van der Waals surface area contributed by atoms with Crippen molar-refractivity contribution in [3.63, 3.8) is 0 Å². The van der Waals surface area contributed by atoms with Crippen molar-refractivity contribution in [1.29, 1.82) is 0 Å². The lowest BCUT2D eigenvalue weighted by Crippen LogP contribution is -2.50. The van der Waals surface area contributed by atoms with Crippen molar-refractivity contribution in [3.8, 4) is 17.1 Å². The second-order valence-electron chi connectivity index (χ2n) is 9.83. The van der Waals surface area contributed by atoms with Crippen LogP contribution in [0.5, 0.6) is 5.88 Å². The number of ether oxygens (including phenoxy) is 1. The molecule has 1 saturated carbocycles. The molecule has 36 heavy (non-hydrogen) atoms. The number of anilines is 3. The molecule has 0 spiro atoms. The van der Waals surface area contributed by atoms with Crippen molar-refractivity contribution >= 4 is 22.7 Å². The molecule has 1 aliphatic carbocycles. The van der Waals surface area contributed by atoms with Gasteiger partial charge in [-0.3, -0.25) is 9.30 Å². The van der Waals surface area contributed by atoms with E-state index in [4.69, 9.17) is 4.74 Å². The van der Waals surface area contributed by atoms with Gasteiger partial charge in [0.1, 0.15) is 0 Å². The number of benzene rings is 1. The maximum absolute atomic E-state index is 5.30. The van der Waals surface area contributed by atoms with Crippen LogP contribution in [0.25, 0.3) is 16.9 Å². The highest BCUT2D eigenvalue weighted by molar-refractivity contribution is 5.78. The topological polar surface area (TPSA) is 57.9 Å². The molecule has 0 radical (unpaired) electrons. The molecule has 4 heterocycles. The molecule has 0 bridgehead atoms. The van der Waals surface area contributed by atoms with E-state index in [1.807, 2.05) is 24.5 Å². The van der Waals surface area contributed by atoms with Gasteiger partial charge in [0.2, 0.25) is 5.88 Å². The zero-order chi connectivity index (χ0) is 24.3. The van der Waals surface area contributed by atoms with Crippen LogP contribution < -0.4 is 15.0 Å².